The molecule has 0 aliphatic carbocycles. The summed E-state index contributed by atoms with van der Waals surface area (Å²) in [5.74, 6) is 0.858. The lowest BCUT2D eigenvalue weighted by molar-refractivity contribution is -0.130. The van der Waals surface area contributed by atoms with E-state index in [0.717, 1.165) is 32.5 Å². The number of piperidine rings is 1. The summed E-state index contributed by atoms with van der Waals surface area (Å²) in [7, 11) is 3.60. The average molecular weight is 272 g/mol. The zero-order valence-corrected chi connectivity index (χ0v) is 11.6. The van der Waals surface area contributed by atoms with Gasteiger partial charge in [-0.2, -0.15) is 0 Å². The maximum absolute atomic E-state index is 11.4. The van der Waals surface area contributed by atoms with Crippen LogP contribution in [-0.2, 0) is 4.79 Å². The Labute approximate surface area is 110 Å². The minimum absolute atomic E-state index is 0. The van der Waals surface area contributed by atoms with Gasteiger partial charge in [0.25, 0.3) is 0 Å². The summed E-state index contributed by atoms with van der Waals surface area (Å²) >= 11 is 0. The van der Waals surface area contributed by atoms with Crippen LogP contribution >= 0.6 is 24.8 Å². The van der Waals surface area contributed by atoms with Gasteiger partial charge in [0.05, 0.1) is 6.54 Å². The Morgan fingerprint density at radius 1 is 1.31 bits per heavy atom. The van der Waals surface area contributed by atoms with Crippen molar-refractivity contribution in [3.63, 3.8) is 0 Å². The van der Waals surface area contributed by atoms with Crippen LogP contribution in [0.1, 0.15) is 12.8 Å². The number of nitrogens with two attached hydrogens (primary N) is 1. The number of hydrogen-bond donors (Lipinski definition) is 1. The molecule has 1 aliphatic rings. The van der Waals surface area contributed by atoms with Crippen LogP contribution in [0.25, 0.3) is 0 Å². The first kappa shape index (κ1) is 18.3. The Bertz CT molecular complexity index is 195. The monoisotopic (exact) mass is 271 g/mol. The molecule has 0 unspecified atom stereocenters. The van der Waals surface area contributed by atoms with Gasteiger partial charge in [0.2, 0.25) is 5.91 Å². The van der Waals surface area contributed by atoms with Crippen molar-refractivity contribution in [1.82, 2.24) is 9.80 Å². The number of amides is 1. The minimum Gasteiger partial charge on any atom is -0.348 e. The maximum atomic E-state index is 11.4. The molecule has 2 N–H and O–H groups in total. The quantitative estimate of drug-likeness (QED) is 0.818. The molecule has 0 radical (unpaired) electrons. The van der Waals surface area contributed by atoms with E-state index >= 15 is 0 Å². The predicted octanol–water partition coefficient (Wildman–Crippen LogP) is 0.589. The molecular formula is C10H23Cl2N3O. The van der Waals surface area contributed by atoms with Gasteiger partial charge >= 0.3 is 0 Å². The average Bonchev–Trinajstić information content (AvgIpc) is 2.19. The SMILES string of the molecule is CN(C)C(=O)CN1CCC(CN)CC1.Cl.Cl. The van der Waals surface area contributed by atoms with E-state index in [1.165, 1.54) is 0 Å². The van der Waals surface area contributed by atoms with Gasteiger partial charge in [-0.25, -0.2) is 0 Å². The summed E-state index contributed by atoms with van der Waals surface area (Å²) in [5.41, 5.74) is 5.60. The number of rotatable bonds is 3. The molecule has 0 aromatic carbocycles. The van der Waals surface area contributed by atoms with E-state index in [4.69, 9.17) is 5.73 Å². The fourth-order valence-electron chi connectivity index (χ4n) is 1.71. The number of carbonyl (C=O) groups excluding carboxylic acids is 1. The number of halogens is 2. The van der Waals surface area contributed by atoms with E-state index in [0.29, 0.717) is 12.5 Å². The third-order valence-corrected chi connectivity index (χ3v) is 2.90. The van der Waals surface area contributed by atoms with E-state index < -0.39 is 0 Å². The number of carbonyl (C=O) groups is 1. The van der Waals surface area contributed by atoms with Crippen LogP contribution in [0.5, 0.6) is 0 Å². The molecule has 0 saturated carbocycles. The highest BCUT2D eigenvalue weighted by atomic mass is 35.5. The molecule has 1 heterocycles. The highest BCUT2D eigenvalue weighted by Gasteiger charge is 2.19. The van der Waals surface area contributed by atoms with Gasteiger partial charge in [0, 0.05) is 14.1 Å². The lowest BCUT2D eigenvalue weighted by Crippen LogP contribution is -2.42. The number of hydrogen-bond acceptors (Lipinski definition) is 3. The lowest BCUT2D eigenvalue weighted by atomic mass is 9.97. The van der Waals surface area contributed by atoms with Crippen LogP contribution in [0.15, 0.2) is 0 Å². The van der Waals surface area contributed by atoms with Crippen molar-refractivity contribution in [2.75, 3.05) is 40.3 Å². The number of likely N-dealkylation sites (N-methyl/N-ethyl adjacent to an activating group) is 1. The first-order valence-electron chi connectivity index (χ1n) is 5.26. The molecule has 16 heavy (non-hydrogen) atoms. The molecule has 0 spiro atoms. The van der Waals surface area contributed by atoms with Gasteiger partial charge in [-0.3, -0.25) is 9.69 Å². The van der Waals surface area contributed by atoms with Gasteiger partial charge in [-0.05, 0) is 38.4 Å². The van der Waals surface area contributed by atoms with Crippen LogP contribution in [0.4, 0.5) is 0 Å². The van der Waals surface area contributed by atoms with Crippen LogP contribution in [0, 0.1) is 5.92 Å². The van der Waals surface area contributed by atoms with Crippen molar-refractivity contribution < 1.29 is 4.79 Å². The molecular weight excluding hydrogens is 249 g/mol. The highest BCUT2D eigenvalue weighted by Crippen LogP contribution is 2.15. The smallest absolute Gasteiger partial charge is 0.236 e. The summed E-state index contributed by atoms with van der Waals surface area (Å²) < 4.78 is 0. The fraction of sp³-hybridized carbons (Fsp3) is 0.900. The van der Waals surface area contributed by atoms with Crippen molar-refractivity contribution in [2.24, 2.45) is 11.7 Å². The molecule has 0 aromatic rings. The summed E-state index contributed by atoms with van der Waals surface area (Å²) in [6, 6.07) is 0. The van der Waals surface area contributed by atoms with Gasteiger partial charge in [-0.15, -0.1) is 24.8 Å². The summed E-state index contributed by atoms with van der Waals surface area (Å²) in [6.07, 6.45) is 2.27. The van der Waals surface area contributed by atoms with E-state index in [1.54, 1.807) is 19.0 Å². The van der Waals surface area contributed by atoms with Crippen molar-refractivity contribution in [3.8, 4) is 0 Å². The van der Waals surface area contributed by atoms with Crippen molar-refractivity contribution in [3.05, 3.63) is 0 Å². The van der Waals surface area contributed by atoms with Gasteiger partial charge in [-0.1, -0.05) is 0 Å². The third kappa shape index (κ3) is 5.89. The van der Waals surface area contributed by atoms with Crippen molar-refractivity contribution in [2.45, 2.75) is 12.8 Å². The molecule has 1 saturated heterocycles. The molecule has 1 amide bonds. The minimum atomic E-state index is 0. The van der Waals surface area contributed by atoms with Crippen LogP contribution < -0.4 is 5.73 Å². The van der Waals surface area contributed by atoms with E-state index in [2.05, 4.69) is 4.90 Å². The van der Waals surface area contributed by atoms with Gasteiger partial charge < -0.3 is 10.6 Å². The lowest BCUT2D eigenvalue weighted by Gasteiger charge is -2.31. The third-order valence-electron chi connectivity index (χ3n) is 2.90. The van der Waals surface area contributed by atoms with Crippen molar-refractivity contribution >= 4 is 30.7 Å². The predicted molar refractivity (Wildman–Crippen MR) is 71.4 cm³/mol. The Hall–Kier alpha value is -0.0300. The van der Waals surface area contributed by atoms with Gasteiger partial charge in [0.15, 0.2) is 0 Å². The highest BCUT2D eigenvalue weighted by molar-refractivity contribution is 5.85. The number of nitrogens with zero attached hydrogens (tertiary/aromatic N) is 2. The Morgan fingerprint density at radius 3 is 2.19 bits per heavy atom. The summed E-state index contributed by atoms with van der Waals surface area (Å²) in [4.78, 5) is 15.3. The molecule has 1 aliphatic heterocycles. The standard InChI is InChI=1S/C10H21N3O.2ClH/c1-12(2)10(14)8-13-5-3-9(7-11)4-6-13;;/h9H,3-8,11H2,1-2H3;2*1H. The zero-order chi connectivity index (χ0) is 10.6. The second-order valence-electron chi connectivity index (χ2n) is 4.24. The van der Waals surface area contributed by atoms with E-state index in [1.807, 2.05) is 0 Å². The Balaban J connectivity index is 0. The molecule has 1 rings (SSSR count). The summed E-state index contributed by atoms with van der Waals surface area (Å²) in [6.45, 7) is 3.38. The molecule has 1 fully saturated rings. The second kappa shape index (κ2) is 9.05. The molecule has 4 nitrogen and oxygen atoms in total. The molecule has 98 valence electrons. The zero-order valence-electron chi connectivity index (χ0n) is 10.0. The molecule has 0 atom stereocenters. The Kier molecular flexibility index (Phi) is 10.4. The molecule has 0 bridgehead atoms. The molecule has 6 heteroatoms. The van der Waals surface area contributed by atoms with E-state index in [-0.39, 0.29) is 30.7 Å². The Morgan fingerprint density at radius 2 is 1.81 bits per heavy atom. The maximum Gasteiger partial charge on any atom is 0.236 e. The molecule has 0 aromatic heterocycles. The fourth-order valence-corrected chi connectivity index (χ4v) is 1.71. The van der Waals surface area contributed by atoms with Crippen molar-refractivity contribution in [1.29, 1.82) is 0 Å². The van der Waals surface area contributed by atoms with Crippen LogP contribution in [0.3, 0.4) is 0 Å². The van der Waals surface area contributed by atoms with Crippen LogP contribution in [-0.4, -0.2) is 56.0 Å². The number of likely N-dealkylation sites (tertiary alicyclic amines) is 1. The van der Waals surface area contributed by atoms with Gasteiger partial charge in [0.1, 0.15) is 0 Å². The van der Waals surface area contributed by atoms with E-state index in [9.17, 15) is 4.79 Å². The first-order valence-corrected chi connectivity index (χ1v) is 5.26. The summed E-state index contributed by atoms with van der Waals surface area (Å²) in [5, 5.41) is 0. The first-order chi connectivity index (χ1) is 6.63. The largest absolute Gasteiger partial charge is 0.348 e. The normalized spacial score (nSPS) is 17.2. The topological polar surface area (TPSA) is 49.6 Å². The van der Waals surface area contributed by atoms with Crippen LogP contribution in [0.2, 0.25) is 0 Å². The second-order valence-corrected chi connectivity index (χ2v) is 4.24.